The van der Waals surface area contributed by atoms with Crippen molar-refractivity contribution in [2.45, 2.75) is 59.5 Å². The van der Waals surface area contributed by atoms with E-state index in [-0.39, 0.29) is 16.8 Å². The van der Waals surface area contributed by atoms with E-state index in [1.165, 1.54) is 0 Å². The molecule has 1 atom stereocenters. The summed E-state index contributed by atoms with van der Waals surface area (Å²) in [7, 11) is 0. The molecule has 1 aliphatic carbocycles. The van der Waals surface area contributed by atoms with Gasteiger partial charge in [0.15, 0.2) is 0 Å². The zero-order valence-electron chi connectivity index (χ0n) is 12.0. The first-order valence-corrected chi connectivity index (χ1v) is 6.68. The Morgan fingerprint density at radius 3 is 2.44 bits per heavy atom. The Kier molecular flexibility index (Phi) is 2.95. The lowest BCUT2D eigenvalue weighted by Crippen LogP contribution is -2.48. The van der Waals surface area contributed by atoms with Gasteiger partial charge < -0.3 is 9.57 Å². The number of carbonyl (C=O) groups is 1. The summed E-state index contributed by atoms with van der Waals surface area (Å²) < 4.78 is 5.22. The van der Waals surface area contributed by atoms with Gasteiger partial charge in [-0.1, -0.05) is 32.9 Å². The van der Waals surface area contributed by atoms with Crippen LogP contribution in [0.5, 0.6) is 0 Å². The van der Waals surface area contributed by atoms with Gasteiger partial charge >= 0.3 is 5.97 Å². The average molecular weight is 253 g/mol. The van der Waals surface area contributed by atoms with Crippen molar-refractivity contribution in [1.29, 1.82) is 0 Å². The average Bonchev–Trinajstić information content (AvgIpc) is 2.84. The normalized spacial score (nSPS) is 29.5. The Hall–Kier alpha value is -1.06. The second-order valence-electron chi connectivity index (χ2n) is 6.66. The fourth-order valence-electron chi connectivity index (χ4n) is 2.35. The molecule has 0 spiro atoms. The molecule has 0 aromatic carbocycles. The van der Waals surface area contributed by atoms with Gasteiger partial charge in [-0.3, -0.25) is 0 Å². The van der Waals surface area contributed by atoms with Crippen LogP contribution in [0.2, 0.25) is 0 Å². The van der Waals surface area contributed by atoms with Crippen LogP contribution in [-0.2, 0) is 14.4 Å². The van der Waals surface area contributed by atoms with Crippen LogP contribution in [0, 0.1) is 10.8 Å². The molecule has 1 unspecified atom stereocenters. The lowest BCUT2D eigenvalue weighted by Gasteiger charge is -2.31. The molecule has 0 aromatic heterocycles. The van der Waals surface area contributed by atoms with Crippen molar-refractivity contribution in [1.82, 2.24) is 0 Å². The number of rotatable bonds is 3. The zero-order chi connectivity index (χ0) is 13.6. The Morgan fingerprint density at radius 1 is 1.44 bits per heavy atom. The third-order valence-electron chi connectivity index (χ3n) is 4.17. The molecule has 0 aromatic rings. The highest BCUT2D eigenvalue weighted by Crippen LogP contribution is 2.59. The molecule has 4 nitrogen and oxygen atoms in total. The summed E-state index contributed by atoms with van der Waals surface area (Å²) >= 11 is 0. The van der Waals surface area contributed by atoms with E-state index >= 15 is 0 Å². The first kappa shape index (κ1) is 13.4. The highest BCUT2D eigenvalue weighted by molar-refractivity contribution is 5.97. The van der Waals surface area contributed by atoms with Crippen LogP contribution in [0.1, 0.15) is 53.9 Å². The lowest BCUT2D eigenvalue weighted by atomic mass is 9.76. The van der Waals surface area contributed by atoms with Crippen molar-refractivity contribution in [2.24, 2.45) is 16.0 Å². The Balaban J connectivity index is 2.24. The third-order valence-corrected chi connectivity index (χ3v) is 4.17. The standard InChI is InChI=1S/C14H23NO3/c1-6-17-11(16)14(13(5)7-8-13)9-10(15-18-14)12(2,3)4/h6-9H2,1-5H3. The van der Waals surface area contributed by atoms with Gasteiger partial charge in [0, 0.05) is 17.3 Å². The maximum Gasteiger partial charge on any atom is 0.354 e. The van der Waals surface area contributed by atoms with Crippen molar-refractivity contribution in [2.75, 3.05) is 6.61 Å². The topological polar surface area (TPSA) is 47.9 Å². The van der Waals surface area contributed by atoms with Gasteiger partial charge in [0.25, 0.3) is 0 Å². The number of hydrogen-bond donors (Lipinski definition) is 0. The highest BCUT2D eigenvalue weighted by Gasteiger charge is 2.66. The molecule has 0 saturated heterocycles. The minimum Gasteiger partial charge on any atom is -0.463 e. The fraction of sp³-hybridized carbons (Fsp3) is 0.857. The summed E-state index contributed by atoms with van der Waals surface area (Å²) in [5.41, 5.74) is -0.121. The number of ether oxygens (including phenoxy) is 1. The smallest absolute Gasteiger partial charge is 0.354 e. The Bertz CT molecular complexity index is 390. The van der Waals surface area contributed by atoms with Crippen LogP contribution in [0.4, 0.5) is 0 Å². The minimum atomic E-state index is -0.883. The monoisotopic (exact) mass is 253 g/mol. The molecule has 1 saturated carbocycles. The number of hydrogen-bond acceptors (Lipinski definition) is 4. The Morgan fingerprint density at radius 2 is 2.06 bits per heavy atom. The van der Waals surface area contributed by atoms with Crippen LogP contribution in [-0.4, -0.2) is 23.9 Å². The van der Waals surface area contributed by atoms with Crippen molar-refractivity contribution in [3.63, 3.8) is 0 Å². The molecule has 2 aliphatic rings. The van der Waals surface area contributed by atoms with Crippen LogP contribution >= 0.6 is 0 Å². The zero-order valence-corrected chi connectivity index (χ0v) is 12.0. The summed E-state index contributed by atoms with van der Waals surface area (Å²) in [5, 5.41) is 4.19. The van der Waals surface area contributed by atoms with Crippen molar-refractivity contribution < 1.29 is 14.4 Å². The van der Waals surface area contributed by atoms with Gasteiger partial charge in [-0.15, -0.1) is 0 Å². The number of oxime groups is 1. The van der Waals surface area contributed by atoms with E-state index < -0.39 is 5.60 Å². The first-order chi connectivity index (χ1) is 8.25. The van der Waals surface area contributed by atoms with E-state index in [4.69, 9.17) is 9.57 Å². The van der Waals surface area contributed by atoms with Gasteiger partial charge in [-0.05, 0) is 19.8 Å². The van der Waals surface area contributed by atoms with E-state index in [1.807, 2.05) is 6.92 Å². The molecule has 1 aliphatic heterocycles. The molecule has 18 heavy (non-hydrogen) atoms. The maximum atomic E-state index is 12.3. The van der Waals surface area contributed by atoms with Crippen molar-refractivity contribution in [3.8, 4) is 0 Å². The molecule has 2 rings (SSSR count). The van der Waals surface area contributed by atoms with E-state index in [0.717, 1.165) is 18.6 Å². The van der Waals surface area contributed by atoms with Crippen molar-refractivity contribution >= 4 is 11.7 Å². The third kappa shape index (κ3) is 1.91. The Labute approximate surface area is 109 Å². The molecular weight excluding hydrogens is 230 g/mol. The number of esters is 1. The van der Waals surface area contributed by atoms with E-state index in [2.05, 4.69) is 32.9 Å². The second-order valence-corrected chi connectivity index (χ2v) is 6.66. The molecule has 0 bridgehead atoms. The van der Waals surface area contributed by atoms with Crippen LogP contribution in [0.3, 0.4) is 0 Å². The minimum absolute atomic E-state index is 0.0699. The van der Waals surface area contributed by atoms with E-state index in [9.17, 15) is 4.79 Å². The second kappa shape index (κ2) is 3.97. The van der Waals surface area contributed by atoms with Crippen LogP contribution in [0.15, 0.2) is 5.16 Å². The van der Waals surface area contributed by atoms with E-state index in [0.29, 0.717) is 13.0 Å². The SMILES string of the molecule is CCOC(=O)C1(C2(C)CC2)CC(C(C)(C)C)=NO1. The van der Waals surface area contributed by atoms with Gasteiger partial charge in [-0.2, -0.15) is 0 Å². The number of carbonyl (C=O) groups excluding carboxylic acids is 1. The molecule has 102 valence electrons. The summed E-state index contributed by atoms with van der Waals surface area (Å²) in [6.45, 7) is 10.6. The van der Waals surface area contributed by atoms with Gasteiger partial charge in [0.1, 0.15) is 0 Å². The summed E-state index contributed by atoms with van der Waals surface area (Å²) in [6.07, 6.45) is 2.56. The predicted octanol–water partition coefficient (Wildman–Crippen LogP) is 2.91. The fourth-order valence-corrected chi connectivity index (χ4v) is 2.35. The molecule has 1 heterocycles. The molecule has 4 heteroatoms. The summed E-state index contributed by atoms with van der Waals surface area (Å²) in [4.78, 5) is 17.9. The summed E-state index contributed by atoms with van der Waals surface area (Å²) in [5.74, 6) is -0.256. The number of nitrogens with zero attached hydrogens (tertiary/aromatic N) is 1. The first-order valence-electron chi connectivity index (χ1n) is 6.68. The van der Waals surface area contributed by atoms with Gasteiger partial charge in [0.05, 0.1) is 12.3 Å². The highest BCUT2D eigenvalue weighted by atomic mass is 16.7. The quantitative estimate of drug-likeness (QED) is 0.727. The molecular formula is C14H23NO3. The van der Waals surface area contributed by atoms with E-state index in [1.54, 1.807) is 0 Å². The predicted molar refractivity (Wildman–Crippen MR) is 69.3 cm³/mol. The molecule has 0 N–H and O–H groups in total. The molecule has 1 fully saturated rings. The lowest BCUT2D eigenvalue weighted by molar-refractivity contribution is -0.178. The molecule has 0 amide bonds. The maximum absolute atomic E-state index is 12.3. The van der Waals surface area contributed by atoms with Gasteiger partial charge in [0.2, 0.25) is 5.60 Å². The molecule has 0 radical (unpaired) electrons. The summed E-state index contributed by atoms with van der Waals surface area (Å²) in [6, 6.07) is 0. The largest absolute Gasteiger partial charge is 0.463 e. The van der Waals surface area contributed by atoms with Crippen molar-refractivity contribution in [3.05, 3.63) is 0 Å². The van der Waals surface area contributed by atoms with Crippen LogP contribution in [0.25, 0.3) is 0 Å². The van der Waals surface area contributed by atoms with Gasteiger partial charge in [-0.25, -0.2) is 4.79 Å². The van der Waals surface area contributed by atoms with Crippen LogP contribution < -0.4 is 0 Å².